The van der Waals surface area contributed by atoms with Gasteiger partial charge in [0.25, 0.3) is 0 Å². The van der Waals surface area contributed by atoms with Crippen molar-refractivity contribution in [2.45, 2.75) is 13.3 Å². The summed E-state index contributed by atoms with van der Waals surface area (Å²) in [6.45, 7) is 4.15. The van der Waals surface area contributed by atoms with Crippen molar-refractivity contribution in [3.8, 4) is 11.1 Å². The number of rotatable bonds is 4. The quantitative estimate of drug-likeness (QED) is 0.897. The second-order valence-electron chi connectivity index (χ2n) is 5.36. The molecule has 0 aliphatic carbocycles. The Bertz CT molecular complexity index is 585. The first kappa shape index (κ1) is 12.9. The third-order valence-electron chi connectivity index (χ3n) is 3.77. The molecule has 0 saturated carbocycles. The molecular formula is C18H20N2. The fraction of sp³-hybridized carbons (Fsp3) is 0.278. The monoisotopic (exact) mass is 264 g/mol. The summed E-state index contributed by atoms with van der Waals surface area (Å²) in [6, 6.07) is 19.4. The van der Waals surface area contributed by atoms with Crippen molar-refractivity contribution in [2.24, 2.45) is 10.9 Å². The summed E-state index contributed by atoms with van der Waals surface area (Å²) < 4.78 is 0. The Kier molecular flexibility index (Phi) is 3.82. The molecule has 102 valence electrons. The van der Waals surface area contributed by atoms with Crippen molar-refractivity contribution >= 4 is 5.84 Å². The van der Waals surface area contributed by atoms with Crippen molar-refractivity contribution in [1.29, 1.82) is 0 Å². The molecule has 1 atom stereocenters. The van der Waals surface area contributed by atoms with Crippen LogP contribution in [0.15, 0.2) is 59.6 Å². The van der Waals surface area contributed by atoms with Crippen molar-refractivity contribution < 1.29 is 0 Å². The topological polar surface area (TPSA) is 24.4 Å². The normalized spacial score (nSPS) is 15.6. The van der Waals surface area contributed by atoms with Gasteiger partial charge in [0.2, 0.25) is 0 Å². The van der Waals surface area contributed by atoms with Crippen LogP contribution < -0.4 is 5.32 Å². The average molecular weight is 264 g/mol. The SMILES string of the molecule is CC(Cc1ccc(-c2ccccc2)cc1)C1=NCCN1. The number of nitrogens with one attached hydrogen (secondary N) is 1. The maximum absolute atomic E-state index is 4.50. The van der Waals surface area contributed by atoms with Gasteiger partial charge in [-0.1, -0.05) is 61.5 Å². The van der Waals surface area contributed by atoms with E-state index in [-0.39, 0.29) is 0 Å². The zero-order valence-corrected chi connectivity index (χ0v) is 11.8. The van der Waals surface area contributed by atoms with Crippen LogP contribution in [0.3, 0.4) is 0 Å². The Labute approximate surface area is 120 Å². The van der Waals surface area contributed by atoms with E-state index in [2.05, 4.69) is 71.8 Å². The molecule has 0 fully saturated rings. The molecule has 0 amide bonds. The molecule has 3 rings (SSSR count). The molecule has 1 unspecified atom stereocenters. The fourth-order valence-corrected chi connectivity index (χ4v) is 2.66. The van der Waals surface area contributed by atoms with E-state index in [9.17, 15) is 0 Å². The van der Waals surface area contributed by atoms with Crippen molar-refractivity contribution in [3.63, 3.8) is 0 Å². The number of benzene rings is 2. The van der Waals surface area contributed by atoms with Crippen molar-refractivity contribution in [2.75, 3.05) is 13.1 Å². The Hall–Kier alpha value is -2.09. The number of nitrogens with zero attached hydrogens (tertiary/aromatic N) is 1. The van der Waals surface area contributed by atoms with Gasteiger partial charge in [0, 0.05) is 12.5 Å². The maximum Gasteiger partial charge on any atom is 0.0996 e. The van der Waals surface area contributed by atoms with Gasteiger partial charge in [-0.25, -0.2) is 0 Å². The van der Waals surface area contributed by atoms with Gasteiger partial charge < -0.3 is 5.32 Å². The molecule has 1 N–H and O–H groups in total. The Morgan fingerprint density at radius 3 is 2.35 bits per heavy atom. The van der Waals surface area contributed by atoms with Gasteiger partial charge in [-0.2, -0.15) is 0 Å². The second kappa shape index (κ2) is 5.91. The summed E-state index contributed by atoms with van der Waals surface area (Å²) >= 11 is 0. The number of hydrogen-bond donors (Lipinski definition) is 1. The molecule has 20 heavy (non-hydrogen) atoms. The zero-order chi connectivity index (χ0) is 13.8. The molecule has 2 heteroatoms. The first-order valence-corrected chi connectivity index (χ1v) is 7.25. The largest absolute Gasteiger partial charge is 0.372 e. The van der Waals surface area contributed by atoms with Gasteiger partial charge >= 0.3 is 0 Å². The van der Waals surface area contributed by atoms with Crippen LogP contribution in [-0.2, 0) is 6.42 Å². The molecule has 0 bridgehead atoms. The van der Waals surface area contributed by atoms with Gasteiger partial charge in [-0.15, -0.1) is 0 Å². The highest BCUT2D eigenvalue weighted by Gasteiger charge is 2.14. The second-order valence-corrected chi connectivity index (χ2v) is 5.36. The van der Waals surface area contributed by atoms with Crippen molar-refractivity contribution in [3.05, 3.63) is 60.2 Å². The van der Waals surface area contributed by atoms with Gasteiger partial charge in [0.1, 0.15) is 0 Å². The highest BCUT2D eigenvalue weighted by Crippen LogP contribution is 2.20. The predicted molar refractivity (Wildman–Crippen MR) is 85.1 cm³/mol. The number of aliphatic imine (C=N–C) groups is 1. The van der Waals surface area contributed by atoms with E-state index in [1.54, 1.807) is 0 Å². The molecule has 1 aliphatic rings. The summed E-state index contributed by atoms with van der Waals surface area (Å²) in [7, 11) is 0. The lowest BCUT2D eigenvalue weighted by Crippen LogP contribution is -2.26. The lowest BCUT2D eigenvalue weighted by atomic mass is 9.97. The van der Waals surface area contributed by atoms with Crippen LogP contribution in [-0.4, -0.2) is 18.9 Å². The average Bonchev–Trinajstić information content (AvgIpc) is 3.03. The molecule has 0 aromatic heterocycles. The molecule has 1 heterocycles. The van der Waals surface area contributed by atoms with Crippen LogP contribution in [0.2, 0.25) is 0 Å². The summed E-state index contributed by atoms with van der Waals surface area (Å²) in [4.78, 5) is 4.50. The van der Waals surface area contributed by atoms with Crippen LogP contribution in [0.1, 0.15) is 12.5 Å². The minimum atomic E-state index is 0.472. The molecule has 1 aliphatic heterocycles. The van der Waals surface area contributed by atoms with E-state index in [4.69, 9.17) is 0 Å². The van der Waals surface area contributed by atoms with Gasteiger partial charge in [0.15, 0.2) is 0 Å². The molecule has 2 nitrogen and oxygen atoms in total. The summed E-state index contributed by atoms with van der Waals surface area (Å²) in [5.41, 5.74) is 3.92. The van der Waals surface area contributed by atoms with Gasteiger partial charge in [0.05, 0.1) is 12.4 Å². The highest BCUT2D eigenvalue weighted by molar-refractivity contribution is 5.85. The van der Waals surface area contributed by atoms with E-state index in [1.165, 1.54) is 16.7 Å². The maximum atomic E-state index is 4.50. The smallest absolute Gasteiger partial charge is 0.0996 e. The molecule has 0 saturated heterocycles. The highest BCUT2D eigenvalue weighted by atomic mass is 15.1. The lowest BCUT2D eigenvalue weighted by Gasteiger charge is -2.12. The standard InChI is InChI=1S/C18H20N2/c1-14(18-19-11-12-20-18)13-15-7-9-17(10-8-15)16-5-3-2-4-6-16/h2-10,14H,11-13H2,1H3,(H,19,20). The summed E-state index contributed by atoms with van der Waals surface area (Å²) in [5.74, 6) is 1.64. The first-order valence-electron chi connectivity index (χ1n) is 7.25. The van der Waals surface area contributed by atoms with Crippen molar-refractivity contribution in [1.82, 2.24) is 5.32 Å². The Morgan fingerprint density at radius 1 is 1.00 bits per heavy atom. The Balaban J connectivity index is 1.70. The van der Waals surface area contributed by atoms with E-state index in [0.29, 0.717) is 5.92 Å². The zero-order valence-electron chi connectivity index (χ0n) is 11.8. The van der Waals surface area contributed by atoms with Crippen LogP contribution in [0.4, 0.5) is 0 Å². The van der Waals surface area contributed by atoms with Gasteiger partial charge in [-0.3, -0.25) is 4.99 Å². The minimum absolute atomic E-state index is 0.472. The predicted octanol–water partition coefficient (Wildman–Crippen LogP) is 3.53. The third-order valence-corrected chi connectivity index (χ3v) is 3.77. The lowest BCUT2D eigenvalue weighted by molar-refractivity contribution is 0.743. The number of hydrogen-bond acceptors (Lipinski definition) is 2. The molecule has 2 aromatic carbocycles. The number of amidine groups is 1. The minimum Gasteiger partial charge on any atom is -0.372 e. The van der Waals surface area contributed by atoms with E-state index in [1.807, 2.05) is 0 Å². The molecular weight excluding hydrogens is 244 g/mol. The van der Waals surface area contributed by atoms with E-state index >= 15 is 0 Å². The fourth-order valence-electron chi connectivity index (χ4n) is 2.66. The van der Waals surface area contributed by atoms with Crippen LogP contribution in [0.25, 0.3) is 11.1 Å². The van der Waals surface area contributed by atoms with E-state index in [0.717, 1.165) is 25.3 Å². The molecule has 0 radical (unpaired) electrons. The molecule has 0 spiro atoms. The summed E-state index contributed by atoms with van der Waals surface area (Å²) in [5, 5.41) is 3.36. The van der Waals surface area contributed by atoms with Crippen LogP contribution in [0.5, 0.6) is 0 Å². The Morgan fingerprint density at radius 2 is 1.70 bits per heavy atom. The van der Waals surface area contributed by atoms with Crippen LogP contribution in [0, 0.1) is 5.92 Å². The van der Waals surface area contributed by atoms with Crippen LogP contribution >= 0.6 is 0 Å². The van der Waals surface area contributed by atoms with Gasteiger partial charge in [-0.05, 0) is 23.1 Å². The third kappa shape index (κ3) is 2.90. The molecule has 2 aromatic rings. The first-order chi connectivity index (χ1) is 9.83. The van der Waals surface area contributed by atoms with E-state index < -0.39 is 0 Å². The summed E-state index contributed by atoms with van der Waals surface area (Å²) in [6.07, 6.45) is 1.04.